The number of nitrogens with zero attached hydrogens (tertiary/aromatic N) is 3. The topological polar surface area (TPSA) is 73.4 Å². The highest BCUT2D eigenvalue weighted by atomic mass is 79.9. The number of amides is 1. The highest BCUT2D eigenvalue weighted by molar-refractivity contribution is 9.11. The van der Waals surface area contributed by atoms with Crippen molar-refractivity contribution >= 4 is 38.3 Å². The van der Waals surface area contributed by atoms with Crippen molar-refractivity contribution < 1.29 is 13.9 Å². The zero-order valence-corrected chi connectivity index (χ0v) is 20.3. The van der Waals surface area contributed by atoms with Crippen LogP contribution in [0.4, 0.5) is 4.39 Å². The Morgan fingerprint density at radius 3 is 2.91 bits per heavy atom. The second-order valence-electron chi connectivity index (χ2n) is 9.10. The van der Waals surface area contributed by atoms with Crippen molar-refractivity contribution in [2.45, 2.75) is 37.1 Å². The molecular formula is C26H24BrFN4O2. The molecule has 8 heteroatoms. The summed E-state index contributed by atoms with van der Waals surface area (Å²) < 4.78 is 23.4. The minimum Gasteiger partial charge on any atom is -0.357 e. The number of rotatable bonds is 2. The van der Waals surface area contributed by atoms with Crippen LogP contribution in [-0.2, 0) is 9.53 Å². The van der Waals surface area contributed by atoms with E-state index in [9.17, 15) is 9.18 Å². The molecule has 34 heavy (non-hydrogen) atoms. The Morgan fingerprint density at radius 2 is 2.12 bits per heavy atom. The van der Waals surface area contributed by atoms with Gasteiger partial charge in [0.1, 0.15) is 23.3 Å². The van der Waals surface area contributed by atoms with Gasteiger partial charge in [-0.05, 0) is 65.8 Å². The lowest BCUT2D eigenvalue weighted by molar-refractivity contribution is -0.133. The Balaban J connectivity index is 1.63. The number of carbonyl (C=O) groups is 1. The van der Waals surface area contributed by atoms with Crippen LogP contribution in [-0.4, -0.2) is 45.8 Å². The highest BCUT2D eigenvalue weighted by Crippen LogP contribution is 2.49. The number of ether oxygens (including phenoxy) is 1. The van der Waals surface area contributed by atoms with Crippen molar-refractivity contribution in [3.63, 3.8) is 0 Å². The first kappa shape index (κ1) is 21.7. The summed E-state index contributed by atoms with van der Waals surface area (Å²) in [5.74, 6) is -0.612. The summed E-state index contributed by atoms with van der Waals surface area (Å²) in [6, 6.07) is 2.22. The summed E-state index contributed by atoms with van der Waals surface area (Å²) in [7, 11) is 1.78. The summed E-state index contributed by atoms with van der Waals surface area (Å²) in [6.45, 7) is 0.660. The zero-order valence-electron chi connectivity index (χ0n) is 18.7. The SMILES string of the molecule is CN1C(=O)C(N)C(c2ccc(F)c3nn(C4CCCCO4)cc23)=C2C=C(Br)C=C3C=CC=CC321. The average molecular weight is 523 g/mol. The van der Waals surface area contributed by atoms with Gasteiger partial charge in [0.2, 0.25) is 5.91 Å². The molecule has 0 radical (unpaired) electrons. The number of benzene rings is 1. The van der Waals surface area contributed by atoms with Gasteiger partial charge in [-0.1, -0.05) is 40.2 Å². The summed E-state index contributed by atoms with van der Waals surface area (Å²) in [4.78, 5) is 15.2. The van der Waals surface area contributed by atoms with Crippen molar-refractivity contribution in [2.24, 2.45) is 5.73 Å². The monoisotopic (exact) mass is 522 g/mol. The van der Waals surface area contributed by atoms with Crippen LogP contribution in [0.2, 0.25) is 0 Å². The predicted octanol–water partition coefficient (Wildman–Crippen LogP) is 4.51. The van der Waals surface area contributed by atoms with Crippen molar-refractivity contribution in [1.29, 1.82) is 0 Å². The van der Waals surface area contributed by atoms with Gasteiger partial charge in [-0.3, -0.25) is 4.79 Å². The third-order valence-electron chi connectivity index (χ3n) is 7.26. The van der Waals surface area contributed by atoms with Crippen molar-refractivity contribution in [2.75, 3.05) is 13.7 Å². The first-order chi connectivity index (χ1) is 16.4. The fourth-order valence-electron chi connectivity index (χ4n) is 5.58. The van der Waals surface area contributed by atoms with E-state index in [0.29, 0.717) is 23.1 Å². The van der Waals surface area contributed by atoms with Gasteiger partial charge in [0.05, 0.1) is 0 Å². The molecule has 2 aliphatic heterocycles. The summed E-state index contributed by atoms with van der Waals surface area (Å²) >= 11 is 3.64. The van der Waals surface area contributed by atoms with E-state index in [1.165, 1.54) is 6.07 Å². The second-order valence-corrected chi connectivity index (χ2v) is 10.0. The normalized spacial score (nSPS) is 28.7. The average Bonchev–Trinajstić information content (AvgIpc) is 3.31. The van der Waals surface area contributed by atoms with Crippen LogP contribution in [0.25, 0.3) is 16.5 Å². The maximum absolute atomic E-state index is 14.9. The first-order valence-electron chi connectivity index (χ1n) is 11.4. The zero-order chi connectivity index (χ0) is 23.6. The van der Waals surface area contributed by atoms with Crippen LogP contribution < -0.4 is 5.73 Å². The van der Waals surface area contributed by atoms with E-state index in [2.05, 4.69) is 21.0 Å². The Bertz CT molecular complexity index is 1380. The van der Waals surface area contributed by atoms with Crippen LogP contribution in [0.5, 0.6) is 0 Å². The number of hydrogen-bond donors (Lipinski definition) is 1. The molecule has 3 unspecified atom stereocenters. The number of allylic oxidation sites excluding steroid dienone is 4. The van der Waals surface area contributed by atoms with Crippen LogP contribution >= 0.6 is 15.9 Å². The number of carbonyl (C=O) groups excluding carboxylic acids is 1. The van der Waals surface area contributed by atoms with Gasteiger partial charge in [-0.15, -0.1) is 0 Å². The lowest BCUT2D eigenvalue weighted by Crippen LogP contribution is -2.60. The van der Waals surface area contributed by atoms with Gasteiger partial charge in [0, 0.05) is 29.7 Å². The number of likely N-dealkylation sites (N-methyl/N-ethyl adjacent to an activating group) is 1. The molecule has 3 heterocycles. The predicted molar refractivity (Wildman–Crippen MR) is 132 cm³/mol. The standard InChI is InChI=1S/C26H24BrFN4O2/c1-31-25(33)23(29)22(19-13-16(27)12-15-6-2-4-10-26(15,19)31)17-8-9-20(28)24-18(17)14-32(30-24)21-7-3-5-11-34-21/h2,4,6,8-10,12-14,21,23H,3,5,7,11,29H2,1H3. The smallest absolute Gasteiger partial charge is 0.245 e. The molecule has 1 aromatic carbocycles. The number of hydrogen-bond acceptors (Lipinski definition) is 4. The molecule has 3 atom stereocenters. The van der Waals surface area contributed by atoms with Gasteiger partial charge in [0.25, 0.3) is 0 Å². The lowest BCUT2D eigenvalue weighted by Gasteiger charge is -2.50. The maximum atomic E-state index is 14.9. The molecule has 6 nitrogen and oxygen atoms in total. The van der Waals surface area contributed by atoms with Crippen molar-refractivity contribution in [3.05, 3.63) is 81.8 Å². The van der Waals surface area contributed by atoms with Gasteiger partial charge in [-0.2, -0.15) is 5.10 Å². The summed E-state index contributed by atoms with van der Waals surface area (Å²) in [5, 5.41) is 5.17. The third-order valence-corrected chi connectivity index (χ3v) is 7.72. The summed E-state index contributed by atoms with van der Waals surface area (Å²) in [5.41, 5.74) is 9.31. The van der Waals surface area contributed by atoms with Crippen LogP contribution in [0.15, 0.2) is 70.4 Å². The molecule has 0 bridgehead atoms. The molecule has 0 saturated carbocycles. The molecule has 174 valence electrons. The van der Waals surface area contributed by atoms with E-state index in [0.717, 1.165) is 34.9 Å². The molecule has 2 aromatic rings. The number of halogens is 2. The first-order valence-corrected chi connectivity index (χ1v) is 12.2. The van der Waals surface area contributed by atoms with Gasteiger partial charge in [-0.25, -0.2) is 9.07 Å². The Labute approximate surface area is 205 Å². The van der Waals surface area contributed by atoms with E-state index < -0.39 is 17.4 Å². The second kappa shape index (κ2) is 7.86. The Kier molecular flexibility index (Phi) is 5.02. The third kappa shape index (κ3) is 2.98. The molecule has 1 spiro atoms. The minimum atomic E-state index is -0.899. The molecule has 2 N–H and O–H groups in total. The van der Waals surface area contributed by atoms with Gasteiger partial charge in [0.15, 0.2) is 5.82 Å². The van der Waals surface area contributed by atoms with E-state index in [1.54, 1.807) is 22.7 Å². The minimum absolute atomic E-state index is 0.198. The Hall–Kier alpha value is -2.81. The lowest BCUT2D eigenvalue weighted by atomic mass is 9.68. The van der Waals surface area contributed by atoms with Gasteiger partial charge < -0.3 is 15.4 Å². The fraction of sp³-hybridized carbons (Fsp3) is 0.308. The van der Waals surface area contributed by atoms with Crippen molar-refractivity contribution in [1.82, 2.24) is 14.7 Å². The van der Waals surface area contributed by atoms with Gasteiger partial charge >= 0.3 is 0 Å². The largest absolute Gasteiger partial charge is 0.357 e. The van der Waals surface area contributed by atoms with Crippen molar-refractivity contribution in [3.8, 4) is 0 Å². The Morgan fingerprint density at radius 1 is 1.26 bits per heavy atom. The van der Waals surface area contributed by atoms with E-state index in [-0.39, 0.29) is 17.7 Å². The fourth-order valence-corrected chi connectivity index (χ4v) is 6.05. The molecule has 1 saturated heterocycles. The quantitative estimate of drug-likeness (QED) is 0.629. The summed E-state index contributed by atoms with van der Waals surface area (Å²) in [6.07, 6.45) is 16.4. The van der Waals surface area contributed by atoms with E-state index in [4.69, 9.17) is 10.5 Å². The van der Waals surface area contributed by atoms with E-state index in [1.807, 2.05) is 42.7 Å². The van der Waals surface area contributed by atoms with Crippen LogP contribution in [0, 0.1) is 5.82 Å². The maximum Gasteiger partial charge on any atom is 0.245 e. The molecule has 4 aliphatic rings. The van der Waals surface area contributed by atoms with E-state index >= 15 is 0 Å². The molecule has 1 aromatic heterocycles. The van der Waals surface area contributed by atoms with Crippen LogP contribution in [0.3, 0.4) is 0 Å². The number of fused-ring (bicyclic) bond motifs is 1. The molecule has 2 aliphatic carbocycles. The number of nitrogens with two attached hydrogens (primary N) is 1. The number of aromatic nitrogens is 2. The molecule has 1 fully saturated rings. The molecule has 1 amide bonds. The molecule has 6 rings (SSSR count). The highest BCUT2D eigenvalue weighted by Gasteiger charge is 2.50. The molecular weight excluding hydrogens is 499 g/mol. The van der Waals surface area contributed by atoms with Crippen LogP contribution in [0.1, 0.15) is 31.1 Å².